The number of aromatic nitrogens is 5. The summed E-state index contributed by atoms with van der Waals surface area (Å²) < 4.78 is 28.4. The third kappa shape index (κ3) is 6.05. The monoisotopic (exact) mass is 719 g/mol. The van der Waals surface area contributed by atoms with E-state index in [1.807, 2.05) is 50.2 Å². The average Bonchev–Trinajstić information content (AvgIpc) is 3.47. The molecule has 3 aromatic heterocycles. The number of halogens is 2. The number of aromatic amines is 1. The van der Waals surface area contributed by atoms with Gasteiger partial charge in [-0.25, -0.2) is 9.37 Å². The molecular weight excluding hydrogens is 681 g/mol. The number of fused-ring (bicyclic) bond motifs is 2. The van der Waals surface area contributed by atoms with Gasteiger partial charge in [0.2, 0.25) is 5.88 Å². The first-order chi connectivity index (χ1) is 25.2. The summed E-state index contributed by atoms with van der Waals surface area (Å²) in [6.45, 7) is 7.34. The number of H-pyrrole nitrogens is 1. The number of benzene rings is 3. The Balaban J connectivity index is 0.903. The van der Waals surface area contributed by atoms with Gasteiger partial charge in [-0.15, -0.1) is 0 Å². The number of imidazole rings is 1. The third-order valence-electron chi connectivity index (χ3n) is 11.2. The van der Waals surface area contributed by atoms with Gasteiger partial charge in [-0.2, -0.15) is 10.1 Å². The molecule has 2 atom stereocenters. The topological polar surface area (TPSA) is 110 Å². The van der Waals surface area contributed by atoms with E-state index in [2.05, 4.69) is 31.0 Å². The standard InChI is InChI=1S/C40H39ClFN7O3/c1-23-16-26(17-30-24(2)46-47-37(23)30)39(50)43-28-8-9-34-33(19-28)44-38(49(34)21-29-10-15-51-29)31-20-40(31)11-13-48(14-12-40)35-4-3-5-36(45-35)52-22-25-6-7-27(41)18-32(25)42/h3-9,16-19,29,31H,10-15,20-22H2,1-2H3,(H,43,50)(H,46,47). The van der Waals surface area contributed by atoms with Crippen LogP contribution in [0.2, 0.25) is 5.02 Å². The van der Waals surface area contributed by atoms with Gasteiger partial charge in [0.1, 0.15) is 24.1 Å². The molecule has 9 rings (SSSR count). The number of amides is 1. The number of rotatable bonds is 9. The lowest BCUT2D eigenvalue weighted by atomic mass is 9.90. The Labute approximate surface area is 305 Å². The molecule has 1 spiro atoms. The molecular formula is C40H39ClFN7O3. The van der Waals surface area contributed by atoms with E-state index in [1.165, 1.54) is 6.07 Å². The first kappa shape index (κ1) is 32.9. The number of pyridine rings is 1. The quantitative estimate of drug-likeness (QED) is 0.155. The molecule has 0 radical (unpaired) electrons. The molecule has 10 nitrogen and oxygen atoms in total. The van der Waals surface area contributed by atoms with E-state index in [1.54, 1.807) is 18.2 Å². The van der Waals surface area contributed by atoms with Gasteiger partial charge in [0.05, 0.1) is 29.2 Å². The summed E-state index contributed by atoms with van der Waals surface area (Å²) in [6.07, 6.45) is 4.39. The SMILES string of the molecule is Cc1[nH]nc2c(C)cc(C(=O)Nc3ccc4c(c3)nc(C3CC35CCN(c3cccc(OCc6ccc(Cl)cc6F)n3)CC5)n4CC3CCO3)cc12. The van der Waals surface area contributed by atoms with Crippen molar-refractivity contribution in [1.29, 1.82) is 0 Å². The van der Waals surface area contributed by atoms with Gasteiger partial charge in [-0.05, 0) is 99.0 Å². The predicted molar refractivity (Wildman–Crippen MR) is 199 cm³/mol. The van der Waals surface area contributed by atoms with Crippen molar-refractivity contribution in [1.82, 2.24) is 24.7 Å². The minimum Gasteiger partial charge on any atom is -0.473 e. The van der Waals surface area contributed by atoms with Crippen LogP contribution in [0.15, 0.2) is 66.7 Å². The Morgan fingerprint density at radius 1 is 1.10 bits per heavy atom. The first-order valence-electron chi connectivity index (χ1n) is 17.9. The third-order valence-corrected chi connectivity index (χ3v) is 11.4. The zero-order chi connectivity index (χ0) is 35.6. The van der Waals surface area contributed by atoms with E-state index in [0.717, 1.165) is 96.8 Å². The number of hydrogen-bond acceptors (Lipinski definition) is 7. The lowest BCUT2D eigenvalue weighted by Crippen LogP contribution is -2.36. The van der Waals surface area contributed by atoms with Crippen LogP contribution >= 0.6 is 11.6 Å². The summed E-state index contributed by atoms with van der Waals surface area (Å²) in [5.41, 5.74) is 6.64. The van der Waals surface area contributed by atoms with Gasteiger partial charge in [-0.3, -0.25) is 9.89 Å². The van der Waals surface area contributed by atoms with Gasteiger partial charge in [0.15, 0.2) is 0 Å². The molecule has 2 saturated heterocycles. The molecule has 0 bridgehead atoms. The van der Waals surface area contributed by atoms with Crippen molar-refractivity contribution in [2.45, 2.75) is 64.7 Å². The minimum atomic E-state index is -0.394. The second kappa shape index (κ2) is 12.9. The van der Waals surface area contributed by atoms with Crippen molar-refractivity contribution in [3.05, 3.63) is 106 Å². The van der Waals surface area contributed by atoms with Crippen LogP contribution in [0.5, 0.6) is 5.88 Å². The fourth-order valence-electron chi connectivity index (χ4n) is 7.96. The largest absolute Gasteiger partial charge is 0.473 e. The van der Waals surface area contributed by atoms with Crippen LogP contribution < -0.4 is 15.0 Å². The van der Waals surface area contributed by atoms with Crippen LogP contribution in [-0.4, -0.2) is 56.4 Å². The van der Waals surface area contributed by atoms with E-state index >= 15 is 0 Å². The van der Waals surface area contributed by atoms with E-state index in [9.17, 15) is 9.18 Å². The molecule has 1 aliphatic carbocycles. The Kier molecular flexibility index (Phi) is 8.15. The summed E-state index contributed by atoms with van der Waals surface area (Å²) in [4.78, 5) is 25.7. The molecule has 52 heavy (non-hydrogen) atoms. The molecule has 12 heteroatoms. The maximum absolute atomic E-state index is 14.3. The molecule has 6 aromatic rings. The normalized spacial score (nSPS) is 19.3. The zero-order valence-corrected chi connectivity index (χ0v) is 29.8. The number of hydrogen-bond donors (Lipinski definition) is 2. The van der Waals surface area contributed by atoms with Crippen LogP contribution in [0.3, 0.4) is 0 Å². The summed E-state index contributed by atoms with van der Waals surface area (Å²) in [7, 11) is 0. The van der Waals surface area contributed by atoms with Crippen molar-refractivity contribution in [3.8, 4) is 5.88 Å². The number of carbonyl (C=O) groups excluding carboxylic acids is 1. The van der Waals surface area contributed by atoms with Gasteiger partial charge >= 0.3 is 0 Å². The zero-order valence-electron chi connectivity index (χ0n) is 29.1. The van der Waals surface area contributed by atoms with E-state index in [4.69, 9.17) is 31.0 Å². The smallest absolute Gasteiger partial charge is 0.255 e. The van der Waals surface area contributed by atoms with Crippen LogP contribution in [0.1, 0.15) is 64.6 Å². The molecule has 1 amide bonds. The van der Waals surface area contributed by atoms with Crippen molar-refractivity contribution >= 4 is 50.9 Å². The van der Waals surface area contributed by atoms with E-state index in [0.29, 0.717) is 33.6 Å². The predicted octanol–water partition coefficient (Wildman–Crippen LogP) is 8.11. The maximum Gasteiger partial charge on any atom is 0.255 e. The molecule has 266 valence electrons. The average molecular weight is 720 g/mol. The lowest BCUT2D eigenvalue weighted by molar-refractivity contribution is -0.0590. The first-order valence-corrected chi connectivity index (χ1v) is 18.3. The van der Waals surface area contributed by atoms with Crippen molar-refractivity contribution < 1.29 is 18.7 Å². The molecule has 3 aromatic carbocycles. The highest BCUT2D eigenvalue weighted by atomic mass is 35.5. The molecule has 3 aliphatic rings. The van der Waals surface area contributed by atoms with Crippen LogP contribution in [0, 0.1) is 25.1 Å². The molecule has 3 fully saturated rings. The number of anilines is 2. The van der Waals surface area contributed by atoms with Crippen LogP contribution in [-0.2, 0) is 17.9 Å². The van der Waals surface area contributed by atoms with Gasteiger partial charge < -0.3 is 24.3 Å². The number of nitrogens with zero attached hydrogens (tertiary/aromatic N) is 5. The summed E-state index contributed by atoms with van der Waals surface area (Å²) in [5.74, 6) is 2.23. The summed E-state index contributed by atoms with van der Waals surface area (Å²) in [6, 6.07) is 20.1. The van der Waals surface area contributed by atoms with Gasteiger partial charge in [-0.1, -0.05) is 23.7 Å². The number of ether oxygens (including phenoxy) is 2. The lowest BCUT2D eigenvalue weighted by Gasteiger charge is -2.34. The number of aryl methyl sites for hydroxylation is 2. The van der Waals surface area contributed by atoms with Crippen molar-refractivity contribution in [2.75, 3.05) is 29.9 Å². The Morgan fingerprint density at radius 3 is 2.73 bits per heavy atom. The molecule has 5 heterocycles. The second-order valence-electron chi connectivity index (χ2n) is 14.5. The highest BCUT2D eigenvalue weighted by Crippen LogP contribution is 2.65. The number of carbonyl (C=O) groups is 1. The van der Waals surface area contributed by atoms with Crippen molar-refractivity contribution in [2.24, 2.45) is 5.41 Å². The number of piperidine rings is 1. The molecule has 1 saturated carbocycles. The highest BCUT2D eigenvalue weighted by molar-refractivity contribution is 6.30. The fourth-order valence-corrected chi connectivity index (χ4v) is 8.12. The van der Waals surface area contributed by atoms with Crippen molar-refractivity contribution in [3.63, 3.8) is 0 Å². The van der Waals surface area contributed by atoms with Gasteiger partial charge in [0.25, 0.3) is 5.91 Å². The van der Waals surface area contributed by atoms with E-state index in [-0.39, 0.29) is 24.0 Å². The van der Waals surface area contributed by atoms with Crippen LogP contribution in [0.25, 0.3) is 21.9 Å². The second-order valence-corrected chi connectivity index (χ2v) is 15.0. The summed E-state index contributed by atoms with van der Waals surface area (Å²) >= 11 is 5.90. The minimum absolute atomic E-state index is 0.0761. The number of nitrogens with one attached hydrogen (secondary N) is 2. The van der Waals surface area contributed by atoms with Crippen LogP contribution in [0.4, 0.5) is 15.9 Å². The van der Waals surface area contributed by atoms with Gasteiger partial charge in [0, 0.05) is 64.6 Å². The fraction of sp³-hybridized carbons (Fsp3) is 0.350. The molecule has 2 N–H and O–H groups in total. The summed E-state index contributed by atoms with van der Waals surface area (Å²) in [5, 5.41) is 11.8. The Morgan fingerprint density at radius 2 is 1.94 bits per heavy atom. The Bertz CT molecular complexity index is 2340. The molecule has 2 aliphatic heterocycles. The highest BCUT2D eigenvalue weighted by Gasteiger charge is 2.57. The molecule has 2 unspecified atom stereocenters. The Hall–Kier alpha value is -5.00. The maximum atomic E-state index is 14.3. The van der Waals surface area contributed by atoms with E-state index < -0.39 is 5.82 Å².